The highest BCUT2D eigenvalue weighted by Gasteiger charge is 2.34. The number of benzene rings is 1. The number of rotatable bonds is 7. The maximum Gasteiger partial charge on any atom is 0.251 e. The van der Waals surface area contributed by atoms with Gasteiger partial charge >= 0.3 is 0 Å². The van der Waals surface area contributed by atoms with Crippen molar-refractivity contribution in [2.24, 2.45) is 11.8 Å². The number of carbonyl (C=O) groups excluding carboxylic acids is 3. The molecule has 7 heteroatoms. The molecule has 2 heterocycles. The Bertz CT molecular complexity index is 880. The number of likely N-dealkylation sites (tertiary alicyclic amines) is 1. The third-order valence-electron chi connectivity index (χ3n) is 5.90. The molecule has 0 spiro atoms. The van der Waals surface area contributed by atoms with Crippen molar-refractivity contribution in [3.8, 4) is 0 Å². The van der Waals surface area contributed by atoms with Crippen LogP contribution in [0.2, 0.25) is 0 Å². The summed E-state index contributed by atoms with van der Waals surface area (Å²) in [5, 5.41) is 5.77. The molecule has 2 N–H and O–H groups in total. The highest BCUT2D eigenvalue weighted by atomic mass is 16.2. The van der Waals surface area contributed by atoms with E-state index in [1.807, 2.05) is 26.0 Å². The van der Waals surface area contributed by atoms with Crippen LogP contribution in [0.4, 0.5) is 5.82 Å². The largest absolute Gasteiger partial charge is 0.341 e. The number of pyridine rings is 1. The molecule has 31 heavy (non-hydrogen) atoms. The third kappa shape index (κ3) is 5.90. The van der Waals surface area contributed by atoms with Gasteiger partial charge in [-0.05, 0) is 43.0 Å². The van der Waals surface area contributed by atoms with Crippen LogP contribution in [0.15, 0.2) is 54.7 Å². The Labute approximate surface area is 183 Å². The van der Waals surface area contributed by atoms with E-state index in [1.54, 1.807) is 47.5 Å². The average Bonchev–Trinajstić information content (AvgIpc) is 2.82. The Morgan fingerprint density at radius 2 is 1.74 bits per heavy atom. The highest BCUT2D eigenvalue weighted by molar-refractivity contribution is 5.97. The Morgan fingerprint density at radius 3 is 2.35 bits per heavy atom. The van der Waals surface area contributed by atoms with Gasteiger partial charge in [-0.3, -0.25) is 14.4 Å². The molecule has 0 bridgehead atoms. The molecule has 1 fully saturated rings. The van der Waals surface area contributed by atoms with E-state index in [-0.39, 0.29) is 29.6 Å². The molecule has 1 saturated heterocycles. The van der Waals surface area contributed by atoms with Gasteiger partial charge in [-0.25, -0.2) is 4.98 Å². The van der Waals surface area contributed by atoms with E-state index in [4.69, 9.17) is 0 Å². The van der Waals surface area contributed by atoms with Gasteiger partial charge < -0.3 is 15.5 Å². The van der Waals surface area contributed by atoms with Crippen LogP contribution in [-0.2, 0) is 9.59 Å². The summed E-state index contributed by atoms with van der Waals surface area (Å²) in [6.45, 7) is 4.97. The Balaban J connectivity index is 1.58. The van der Waals surface area contributed by atoms with E-state index < -0.39 is 6.04 Å². The van der Waals surface area contributed by atoms with E-state index in [0.29, 0.717) is 37.3 Å². The summed E-state index contributed by atoms with van der Waals surface area (Å²) in [7, 11) is 0. The summed E-state index contributed by atoms with van der Waals surface area (Å²) in [6, 6.07) is 13.7. The Kier molecular flexibility index (Phi) is 7.76. The lowest BCUT2D eigenvalue weighted by Crippen LogP contribution is -2.53. The molecule has 3 rings (SSSR count). The number of aromatic nitrogens is 1. The number of hydrogen-bond acceptors (Lipinski definition) is 4. The number of anilines is 1. The summed E-state index contributed by atoms with van der Waals surface area (Å²) < 4.78 is 0. The zero-order chi connectivity index (χ0) is 22.2. The fourth-order valence-corrected chi connectivity index (χ4v) is 3.72. The van der Waals surface area contributed by atoms with Gasteiger partial charge in [-0.2, -0.15) is 0 Å². The van der Waals surface area contributed by atoms with Gasteiger partial charge in [0.05, 0.1) is 0 Å². The van der Waals surface area contributed by atoms with Crippen molar-refractivity contribution in [3.63, 3.8) is 0 Å². The van der Waals surface area contributed by atoms with Gasteiger partial charge in [0.2, 0.25) is 11.8 Å². The summed E-state index contributed by atoms with van der Waals surface area (Å²) in [4.78, 5) is 44.3. The minimum atomic E-state index is -0.586. The zero-order valence-corrected chi connectivity index (χ0v) is 18.1. The van der Waals surface area contributed by atoms with Crippen molar-refractivity contribution in [1.82, 2.24) is 15.2 Å². The second-order valence-electron chi connectivity index (χ2n) is 8.01. The van der Waals surface area contributed by atoms with E-state index in [9.17, 15) is 14.4 Å². The third-order valence-corrected chi connectivity index (χ3v) is 5.90. The zero-order valence-electron chi connectivity index (χ0n) is 18.1. The minimum absolute atomic E-state index is 0.00494. The summed E-state index contributed by atoms with van der Waals surface area (Å²) in [6.07, 6.45) is 3.58. The molecular formula is C24H30N4O3. The number of piperidine rings is 1. The SMILES string of the molecule is CCC(C)C(NC(=O)c1ccccc1)C(=O)N1CCC(C(=O)Nc2ccccn2)CC1. The van der Waals surface area contributed by atoms with Crippen molar-refractivity contribution < 1.29 is 14.4 Å². The number of hydrogen-bond donors (Lipinski definition) is 2. The quantitative estimate of drug-likeness (QED) is 0.717. The topological polar surface area (TPSA) is 91.4 Å². The molecule has 1 aromatic heterocycles. The lowest BCUT2D eigenvalue weighted by atomic mass is 9.93. The number of nitrogens with one attached hydrogen (secondary N) is 2. The first-order chi connectivity index (χ1) is 15.0. The minimum Gasteiger partial charge on any atom is -0.341 e. The predicted octanol–water partition coefficient (Wildman–Crippen LogP) is 3.10. The Morgan fingerprint density at radius 1 is 1.06 bits per heavy atom. The van der Waals surface area contributed by atoms with Gasteiger partial charge in [-0.15, -0.1) is 0 Å². The summed E-state index contributed by atoms with van der Waals surface area (Å²) >= 11 is 0. The molecule has 2 aromatic rings. The van der Waals surface area contributed by atoms with Crippen LogP contribution in [0.3, 0.4) is 0 Å². The second kappa shape index (κ2) is 10.7. The van der Waals surface area contributed by atoms with Crippen LogP contribution in [0.1, 0.15) is 43.5 Å². The van der Waals surface area contributed by atoms with Crippen LogP contribution < -0.4 is 10.6 Å². The van der Waals surface area contributed by atoms with Crippen LogP contribution in [0.5, 0.6) is 0 Å². The van der Waals surface area contributed by atoms with E-state index in [1.165, 1.54) is 0 Å². The Hall–Kier alpha value is -3.22. The van der Waals surface area contributed by atoms with Crippen LogP contribution in [-0.4, -0.2) is 46.7 Å². The van der Waals surface area contributed by atoms with E-state index in [0.717, 1.165) is 6.42 Å². The molecule has 3 amide bonds. The van der Waals surface area contributed by atoms with E-state index >= 15 is 0 Å². The van der Waals surface area contributed by atoms with Crippen molar-refractivity contribution >= 4 is 23.5 Å². The number of carbonyl (C=O) groups is 3. The molecule has 0 aliphatic carbocycles. The first-order valence-electron chi connectivity index (χ1n) is 10.9. The van der Waals surface area contributed by atoms with Gasteiger partial charge in [-0.1, -0.05) is 44.5 Å². The lowest BCUT2D eigenvalue weighted by molar-refractivity contribution is -0.137. The average molecular weight is 423 g/mol. The molecule has 1 aliphatic heterocycles. The summed E-state index contributed by atoms with van der Waals surface area (Å²) in [5.74, 6) is -0.0171. The number of nitrogens with zero attached hydrogens (tertiary/aromatic N) is 2. The highest BCUT2D eigenvalue weighted by Crippen LogP contribution is 2.21. The maximum atomic E-state index is 13.2. The van der Waals surface area contributed by atoms with Crippen molar-refractivity contribution in [2.75, 3.05) is 18.4 Å². The van der Waals surface area contributed by atoms with Crippen molar-refractivity contribution in [3.05, 3.63) is 60.3 Å². The van der Waals surface area contributed by atoms with Crippen molar-refractivity contribution in [1.29, 1.82) is 0 Å². The predicted molar refractivity (Wildman–Crippen MR) is 119 cm³/mol. The standard InChI is InChI=1S/C24H30N4O3/c1-3-17(2)21(27-23(30)18-9-5-4-6-10-18)24(31)28-15-12-19(13-16-28)22(29)26-20-11-7-8-14-25-20/h4-11,14,17,19,21H,3,12-13,15-16H2,1-2H3,(H,27,30)(H,25,26,29). The van der Waals surface area contributed by atoms with Crippen LogP contribution in [0, 0.1) is 11.8 Å². The summed E-state index contributed by atoms with van der Waals surface area (Å²) in [5.41, 5.74) is 0.536. The van der Waals surface area contributed by atoms with E-state index in [2.05, 4.69) is 15.6 Å². The van der Waals surface area contributed by atoms with Crippen LogP contribution >= 0.6 is 0 Å². The van der Waals surface area contributed by atoms with Gasteiger partial charge in [0.15, 0.2) is 0 Å². The fraction of sp³-hybridized carbons (Fsp3) is 0.417. The smallest absolute Gasteiger partial charge is 0.251 e. The van der Waals surface area contributed by atoms with Crippen LogP contribution in [0.25, 0.3) is 0 Å². The number of amides is 3. The molecule has 0 saturated carbocycles. The lowest BCUT2D eigenvalue weighted by Gasteiger charge is -2.35. The normalized spacial score (nSPS) is 16.3. The maximum absolute atomic E-state index is 13.2. The molecule has 2 unspecified atom stereocenters. The van der Waals surface area contributed by atoms with Crippen molar-refractivity contribution in [2.45, 2.75) is 39.2 Å². The van der Waals surface area contributed by atoms with Gasteiger partial charge in [0.1, 0.15) is 11.9 Å². The first-order valence-corrected chi connectivity index (χ1v) is 10.9. The first kappa shape index (κ1) is 22.5. The molecule has 1 aliphatic rings. The fourth-order valence-electron chi connectivity index (χ4n) is 3.72. The molecule has 7 nitrogen and oxygen atoms in total. The molecular weight excluding hydrogens is 392 g/mol. The van der Waals surface area contributed by atoms with Gasteiger partial charge in [0, 0.05) is 30.8 Å². The van der Waals surface area contributed by atoms with Gasteiger partial charge in [0.25, 0.3) is 5.91 Å². The molecule has 2 atom stereocenters. The monoisotopic (exact) mass is 422 g/mol. The molecule has 1 aromatic carbocycles. The second-order valence-corrected chi connectivity index (χ2v) is 8.01. The molecule has 0 radical (unpaired) electrons. The molecule has 164 valence electrons.